The SMILES string of the molecule is CCC(C)[SiH](Cl)N(CC)CC. The molecule has 2 unspecified atom stereocenters. The third kappa shape index (κ3) is 3.59. The fourth-order valence-corrected chi connectivity index (χ4v) is 4.30. The predicted octanol–water partition coefficient (Wildman–Crippen LogP) is 2.59. The lowest BCUT2D eigenvalue weighted by Gasteiger charge is -2.26. The molecule has 0 rings (SSSR count). The standard InChI is InChI=1S/C8H20ClNSi/c1-5-8(4)11(9)10(6-2)7-3/h8,11H,5-7H2,1-4H3. The van der Waals surface area contributed by atoms with Gasteiger partial charge in [0.15, 0.2) is 0 Å². The second-order valence-corrected chi connectivity index (χ2v) is 6.93. The number of rotatable bonds is 5. The molecule has 0 N–H and O–H groups in total. The van der Waals surface area contributed by atoms with Gasteiger partial charge in [-0.2, -0.15) is 0 Å². The number of hydrogen-bond acceptors (Lipinski definition) is 1. The van der Waals surface area contributed by atoms with Crippen molar-refractivity contribution in [2.75, 3.05) is 13.1 Å². The molecule has 0 aromatic carbocycles. The van der Waals surface area contributed by atoms with Crippen molar-refractivity contribution in [1.29, 1.82) is 0 Å². The Morgan fingerprint density at radius 1 is 1.27 bits per heavy atom. The van der Waals surface area contributed by atoms with E-state index in [0.717, 1.165) is 18.6 Å². The van der Waals surface area contributed by atoms with Crippen LogP contribution in [0.4, 0.5) is 0 Å². The molecular formula is C8H20ClNSi. The van der Waals surface area contributed by atoms with Gasteiger partial charge in [0.2, 0.25) is 8.27 Å². The monoisotopic (exact) mass is 193 g/mol. The summed E-state index contributed by atoms with van der Waals surface area (Å²) in [6.07, 6.45) is 1.22. The lowest BCUT2D eigenvalue weighted by atomic mass is 10.4. The first-order chi connectivity index (χ1) is 5.17. The van der Waals surface area contributed by atoms with Crippen LogP contribution in [0.25, 0.3) is 0 Å². The molecule has 0 radical (unpaired) electrons. The van der Waals surface area contributed by atoms with Gasteiger partial charge >= 0.3 is 0 Å². The molecule has 0 bridgehead atoms. The minimum absolute atomic E-state index is 0.733. The van der Waals surface area contributed by atoms with E-state index in [1.807, 2.05) is 0 Å². The molecule has 1 nitrogen and oxygen atoms in total. The van der Waals surface area contributed by atoms with Gasteiger partial charge in [-0.3, -0.25) is 0 Å². The molecule has 0 aromatic heterocycles. The highest BCUT2D eigenvalue weighted by atomic mass is 35.6. The minimum atomic E-state index is -1.11. The van der Waals surface area contributed by atoms with E-state index >= 15 is 0 Å². The van der Waals surface area contributed by atoms with E-state index in [1.54, 1.807) is 0 Å². The van der Waals surface area contributed by atoms with E-state index < -0.39 is 8.27 Å². The summed E-state index contributed by atoms with van der Waals surface area (Å²) < 4.78 is 2.43. The van der Waals surface area contributed by atoms with Gasteiger partial charge in [-0.25, -0.2) is 0 Å². The van der Waals surface area contributed by atoms with E-state index in [4.69, 9.17) is 11.1 Å². The van der Waals surface area contributed by atoms with Gasteiger partial charge in [-0.05, 0) is 18.6 Å². The number of halogens is 1. The highest BCUT2D eigenvalue weighted by Gasteiger charge is 2.20. The molecule has 2 atom stereocenters. The van der Waals surface area contributed by atoms with Gasteiger partial charge in [0, 0.05) is 0 Å². The van der Waals surface area contributed by atoms with Crippen LogP contribution in [0.5, 0.6) is 0 Å². The predicted molar refractivity (Wildman–Crippen MR) is 55.6 cm³/mol. The van der Waals surface area contributed by atoms with E-state index in [2.05, 4.69) is 32.3 Å². The fraction of sp³-hybridized carbons (Fsp3) is 1.00. The third-order valence-corrected chi connectivity index (χ3v) is 7.23. The average molecular weight is 194 g/mol. The molecule has 0 spiro atoms. The van der Waals surface area contributed by atoms with Crippen LogP contribution in [0.2, 0.25) is 5.54 Å². The van der Waals surface area contributed by atoms with Crippen molar-refractivity contribution in [3.05, 3.63) is 0 Å². The highest BCUT2D eigenvalue weighted by Crippen LogP contribution is 2.19. The summed E-state index contributed by atoms with van der Waals surface area (Å²) in [6.45, 7) is 11.1. The van der Waals surface area contributed by atoms with E-state index in [-0.39, 0.29) is 0 Å². The van der Waals surface area contributed by atoms with Gasteiger partial charge < -0.3 is 4.57 Å². The molecule has 0 aliphatic carbocycles. The van der Waals surface area contributed by atoms with Gasteiger partial charge in [0.25, 0.3) is 0 Å². The first-order valence-corrected chi connectivity index (χ1v) is 7.48. The average Bonchev–Trinajstić information content (AvgIpc) is 2.05. The molecule has 0 saturated heterocycles. The smallest absolute Gasteiger partial charge is 0.216 e. The van der Waals surface area contributed by atoms with E-state index in [1.165, 1.54) is 6.42 Å². The summed E-state index contributed by atoms with van der Waals surface area (Å²) in [5, 5.41) is 0. The Bertz CT molecular complexity index is 96.1. The molecule has 0 saturated carbocycles. The summed E-state index contributed by atoms with van der Waals surface area (Å²) in [7, 11) is -1.11. The maximum atomic E-state index is 6.36. The topological polar surface area (TPSA) is 3.24 Å². The Kier molecular flexibility index (Phi) is 6.29. The lowest BCUT2D eigenvalue weighted by molar-refractivity contribution is 0.478. The van der Waals surface area contributed by atoms with Crippen LogP contribution in [0, 0.1) is 0 Å². The zero-order valence-corrected chi connectivity index (χ0v) is 10.0. The van der Waals surface area contributed by atoms with Gasteiger partial charge in [-0.15, -0.1) is 11.1 Å². The Hall–Kier alpha value is 0.467. The van der Waals surface area contributed by atoms with Crippen molar-refractivity contribution in [2.24, 2.45) is 0 Å². The third-order valence-electron chi connectivity index (χ3n) is 2.27. The molecule has 68 valence electrons. The van der Waals surface area contributed by atoms with Crippen molar-refractivity contribution in [2.45, 2.75) is 39.7 Å². The second-order valence-electron chi connectivity index (χ2n) is 2.98. The van der Waals surface area contributed by atoms with Crippen LogP contribution >= 0.6 is 11.1 Å². The molecule has 0 aliphatic heterocycles. The van der Waals surface area contributed by atoms with Crippen LogP contribution in [0.3, 0.4) is 0 Å². The number of hydrogen-bond donors (Lipinski definition) is 0. The van der Waals surface area contributed by atoms with Crippen LogP contribution < -0.4 is 0 Å². The maximum absolute atomic E-state index is 6.36. The molecule has 0 fully saturated rings. The van der Waals surface area contributed by atoms with Crippen molar-refractivity contribution in [3.8, 4) is 0 Å². The summed E-state index contributed by atoms with van der Waals surface area (Å²) >= 11 is 6.36. The largest absolute Gasteiger partial charge is 0.314 e. The Labute approximate surface area is 77.1 Å². The van der Waals surface area contributed by atoms with Crippen LogP contribution in [-0.2, 0) is 0 Å². The summed E-state index contributed by atoms with van der Waals surface area (Å²) in [6, 6.07) is 0. The van der Waals surface area contributed by atoms with Crippen molar-refractivity contribution in [3.63, 3.8) is 0 Å². The van der Waals surface area contributed by atoms with E-state index in [0.29, 0.717) is 0 Å². The summed E-state index contributed by atoms with van der Waals surface area (Å²) in [4.78, 5) is 0. The first-order valence-electron chi connectivity index (χ1n) is 4.55. The fourth-order valence-electron chi connectivity index (χ4n) is 1.13. The van der Waals surface area contributed by atoms with Gasteiger partial charge in [-0.1, -0.05) is 34.1 Å². The highest BCUT2D eigenvalue weighted by molar-refractivity contribution is 7.06. The van der Waals surface area contributed by atoms with Crippen LogP contribution in [0.1, 0.15) is 34.1 Å². The quantitative estimate of drug-likeness (QED) is 0.480. The van der Waals surface area contributed by atoms with Gasteiger partial charge in [0.1, 0.15) is 0 Å². The van der Waals surface area contributed by atoms with Crippen LogP contribution in [0.15, 0.2) is 0 Å². The minimum Gasteiger partial charge on any atom is -0.314 e. The normalized spacial score (nSPS) is 16.9. The zero-order chi connectivity index (χ0) is 8.85. The second kappa shape index (κ2) is 6.04. The number of nitrogens with zero attached hydrogens (tertiary/aromatic N) is 1. The maximum Gasteiger partial charge on any atom is 0.216 e. The molecular weight excluding hydrogens is 174 g/mol. The molecule has 0 aromatic rings. The van der Waals surface area contributed by atoms with Crippen molar-refractivity contribution >= 4 is 19.3 Å². The Balaban J connectivity index is 3.86. The Morgan fingerprint density at radius 3 is 2.00 bits per heavy atom. The lowest BCUT2D eigenvalue weighted by Crippen LogP contribution is -2.37. The van der Waals surface area contributed by atoms with Crippen molar-refractivity contribution in [1.82, 2.24) is 4.57 Å². The summed E-state index contributed by atoms with van der Waals surface area (Å²) in [5.41, 5.74) is 0.733. The molecule has 3 heteroatoms. The molecule has 0 amide bonds. The molecule has 0 heterocycles. The summed E-state index contributed by atoms with van der Waals surface area (Å²) in [5.74, 6) is 0. The Morgan fingerprint density at radius 2 is 1.73 bits per heavy atom. The van der Waals surface area contributed by atoms with Crippen molar-refractivity contribution < 1.29 is 0 Å². The van der Waals surface area contributed by atoms with E-state index in [9.17, 15) is 0 Å². The molecule has 11 heavy (non-hydrogen) atoms. The first kappa shape index (κ1) is 11.5. The molecule has 0 aliphatic rings. The van der Waals surface area contributed by atoms with Gasteiger partial charge in [0.05, 0.1) is 0 Å². The zero-order valence-electron chi connectivity index (χ0n) is 8.10. The van der Waals surface area contributed by atoms with Crippen LogP contribution in [-0.4, -0.2) is 25.9 Å².